The van der Waals surface area contributed by atoms with E-state index in [0.717, 1.165) is 25.7 Å². The molecule has 0 amide bonds. The first-order chi connectivity index (χ1) is 7.68. The molecule has 0 unspecified atom stereocenters. The number of nitrogens with two attached hydrogens (primary N) is 1. The normalized spacial score (nSPS) is 17.3. The van der Waals surface area contributed by atoms with Crippen LogP contribution in [0.3, 0.4) is 0 Å². The molecule has 2 N–H and O–H groups in total. The van der Waals surface area contributed by atoms with Gasteiger partial charge in [0.15, 0.2) is 5.78 Å². The second-order valence-electron chi connectivity index (χ2n) is 4.43. The molecule has 0 saturated heterocycles. The molecule has 1 aromatic carbocycles. The highest BCUT2D eigenvalue weighted by Gasteiger charge is 2.23. The van der Waals surface area contributed by atoms with Gasteiger partial charge in [0, 0.05) is 22.2 Å². The number of carbonyl (C=O) groups excluding carboxylic acids is 1. The zero-order chi connectivity index (χ0) is 11.5. The summed E-state index contributed by atoms with van der Waals surface area (Å²) >= 11 is 5.82. The van der Waals surface area contributed by atoms with Crippen LogP contribution in [0.5, 0.6) is 0 Å². The van der Waals surface area contributed by atoms with Crippen LogP contribution in [0, 0.1) is 5.92 Å². The molecular formula is C13H16ClNO. The van der Waals surface area contributed by atoms with Crippen molar-refractivity contribution in [2.45, 2.75) is 32.1 Å². The molecule has 1 aromatic rings. The van der Waals surface area contributed by atoms with E-state index in [2.05, 4.69) is 0 Å². The Morgan fingerprint density at radius 2 is 1.94 bits per heavy atom. The summed E-state index contributed by atoms with van der Waals surface area (Å²) < 4.78 is 0. The second kappa shape index (κ2) is 4.88. The van der Waals surface area contributed by atoms with E-state index >= 15 is 0 Å². The average molecular weight is 238 g/mol. The summed E-state index contributed by atoms with van der Waals surface area (Å²) in [5, 5.41) is 0.581. The minimum Gasteiger partial charge on any atom is -0.398 e. The van der Waals surface area contributed by atoms with Crippen LogP contribution >= 0.6 is 11.6 Å². The predicted octanol–water partition coefficient (Wildman–Crippen LogP) is 3.69. The first-order valence-corrected chi connectivity index (χ1v) is 6.15. The zero-order valence-electron chi connectivity index (χ0n) is 9.21. The third-order valence-electron chi connectivity index (χ3n) is 3.26. The molecule has 0 heterocycles. The molecule has 0 spiro atoms. The predicted molar refractivity (Wildman–Crippen MR) is 66.8 cm³/mol. The number of hydrogen-bond acceptors (Lipinski definition) is 2. The summed E-state index contributed by atoms with van der Waals surface area (Å²) in [6.07, 6.45) is 5.56. The maximum atomic E-state index is 12.2. The number of hydrogen-bond donors (Lipinski definition) is 1. The van der Waals surface area contributed by atoms with Crippen molar-refractivity contribution >= 4 is 23.1 Å². The summed E-state index contributed by atoms with van der Waals surface area (Å²) in [5.41, 5.74) is 6.96. The molecule has 0 radical (unpaired) electrons. The van der Waals surface area contributed by atoms with E-state index in [1.54, 1.807) is 18.2 Å². The van der Waals surface area contributed by atoms with Crippen LogP contribution in [0.4, 0.5) is 5.69 Å². The number of nitrogen functional groups attached to an aromatic ring is 1. The highest BCUT2D eigenvalue weighted by molar-refractivity contribution is 6.31. The Labute approximate surface area is 101 Å². The van der Waals surface area contributed by atoms with Gasteiger partial charge in [-0.05, 0) is 31.0 Å². The monoisotopic (exact) mass is 237 g/mol. The van der Waals surface area contributed by atoms with Crippen LogP contribution < -0.4 is 5.73 Å². The van der Waals surface area contributed by atoms with Crippen molar-refractivity contribution in [1.82, 2.24) is 0 Å². The topological polar surface area (TPSA) is 43.1 Å². The van der Waals surface area contributed by atoms with Gasteiger partial charge in [0.05, 0.1) is 0 Å². The number of ketones is 1. The molecular weight excluding hydrogens is 222 g/mol. The Kier molecular flexibility index (Phi) is 3.49. The van der Waals surface area contributed by atoms with E-state index in [9.17, 15) is 4.79 Å². The fraction of sp³-hybridized carbons (Fsp3) is 0.462. The first kappa shape index (κ1) is 11.5. The lowest BCUT2D eigenvalue weighted by molar-refractivity contribution is 0.0890. The van der Waals surface area contributed by atoms with E-state index in [4.69, 9.17) is 17.3 Å². The SMILES string of the molecule is Nc1cc(Cl)ccc1C(=O)C1CCCCC1. The van der Waals surface area contributed by atoms with Crippen molar-refractivity contribution in [2.75, 3.05) is 5.73 Å². The molecule has 1 aliphatic rings. The van der Waals surface area contributed by atoms with Crippen molar-refractivity contribution in [3.05, 3.63) is 28.8 Å². The van der Waals surface area contributed by atoms with E-state index in [1.807, 2.05) is 0 Å². The van der Waals surface area contributed by atoms with Gasteiger partial charge in [-0.25, -0.2) is 0 Å². The molecule has 86 valence electrons. The number of benzene rings is 1. The molecule has 1 saturated carbocycles. The Balaban J connectivity index is 2.19. The number of halogens is 1. The number of carbonyl (C=O) groups is 1. The van der Waals surface area contributed by atoms with Gasteiger partial charge < -0.3 is 5.73 Å². The number of anilines is 1. The molecule has 1 fully saturated rings. The van der Waals surface area contributed by atoms with Crippen LogP contribution in [0.1, 0.15) is 42.5 Å². The molecule has 0 aliphatic heterocycles. The summed E-state index contributed by atoms with van der Waals surface area (Å²) in [6, 6.07) is 5.13. The second-order valence-corrected chi connectivity index (χ2v) is 4.87. The summed E-state index contributed by atoms with van der Waals surface area (Å²) in [6.45, 7) is 0. The van der Waals surface area contributed by atoms with Crippen LogP contribution in [-0.2, 0) is 0 Å². The fourth-order valence-corrected chi connectivity index (χ4v) is 2.52. The molecule has 2 rings (SSSR count). The largest absolute Gasteiger partial charge is 0.398 e. The van der Waals surface area contributed by atoms with Gasteiger partial charge in [0.2, 0.25) is 0 Å². The summed E-state index contributed by atoms with van der Waals surface area (Å²) in [7, 11) is 0. The number of Topliss-reactive ketones (excluding diaryl/α,β-unsaturated/α-hetero) is 1. The molecule has 0 bridgehead atoms. The van der Waals surface area contributed by atoms with Gasteiger partial charge in [-0.3, -0.25) is 4.79 Å². The van der Waals surface area contributed by atoms with Gasteiger partial charge in [-0.1, -0.05) is 30.9 Å². The van der Waals surface area contributed by atoms with Crippen molar-refractivity contribution in [3.8, 4) is 0 Å². The Bertz CT molecular complexity index is 397. The minimum absolute atomic E-state index is 0.164. The highest BCUT2D eigenvalue weighted by atomic mass is 35.5. The van der Waals surface area contributed by atoms with Crippen molar-refractivity contribution in [3.63, 3.8) is 0 Å². The maximum absolute atomic E-state index is 12.2. The van der Waals surface area contributed by atoms with Gasteiger partial charge in [0.25, 0.3) is 0 Å². The molecule has 2 nitrogen and oxygen atoms in total. The third kappa shape index (κ3) is 2.38. The van der Waals surface area contributed by atoms with Gasteiger partial charge >= 0.3 is 0 Å². The molecule has 16 heavy (non-hydrogen) atoms. The molecule has 1 aliphatic carbocycles. The lowest BCUT2D eigenvalue weighted by Crippen LogP contribution is -2.18. The zero-order valence-corrected chi connectivity index (χ0v) is 9.96. The molecule has 3 heteroatoms. The average Bonchev–Trinajstić information content (AvgIpc) is 2.29. The van der Waals surface area contributed by atoms with Crippen LogP contribution in [-0.4, -0.2) is 5.78 Å². The van der Waals surface area contributed by atoms with E-state index in [-0.39, 0.29) is 11.7 Å². The molecule has 0 atom stereocenters. The molecule has 0 aromatic heterocycles. The highest BCUT2D eigenvalue weighted by Crippen LogP contribution is 2.29. The Morgan fingerprint density at radius 1 is 1.25 bits per heavy atom. The van der Waals surface area contributed by atoms with Crippen LogP contribution in [0.2, 0.25) is 5.02 Å². The van der Waals surface area contributed by atoms with Crippen molar-refractivity contribution in [1.29, 1.82) is 0 Å². The summed E-state index contributed by atoms with van der Waals surface area (Å²) in [4.78, 5) is 12.2. The maximum Gasteiger partial charge on any atom is 0.168 e. The van der Waals surface area contributed by atoms with Crippen molar-refractivity contribution in [2.24, 2.45) is 5.92 Å². The van der Waals surface area contributed by atoms with Crippen LogP contribution in [0.25, 0.3) is 0 Å². The lowest BCUT2D eigenvalue weighted by atomic mass is 9.83. The van der Waals surface area contributed by atoms with Gasteiger partial charge in [-0.15, -0.1) is 0 Å². The third-order valence-corrected chi connectivity index (χ3v) is 3.49. The minimum atomic E-state index is 0.164. The van der Waals surface area contributed by atoms with Gasteiger partial charge in [0.1, 0.15) is 0 Å². The quantitative estimate of drug-likeness (QED) is 0.630. The van der Waals surface area contributed by atoms with E-state index in [1.165, 1.54) is 6.42 Å². The number of rotatable bonds is 2. The first-order valence-electron chi connectivity index (χ1n) is 5.77. The van der Waals surface area contributed by atoms with E-state index in [0.29, 0.717) is 16.3 Å². The Morgan fingerprint density at radius 3 is 2.56 bits per heavy atom. The lowest BCUT2D eigenvalue weighted by Gasteiger charge is -2.20. The van der Waals surface area contributed by atoms with E-state index < -0.39 is 0 Å². The standard InChI is InChI=1S/C13H16ClNO/c14-10-6-7-11(12(15)8-10)13(16)9-4-2-1-3-5-9/h6-9H,1-5,15H2. The summed E-state index contributed by atoms with van der Waals surface area (Å²) in [5.74, 6) is 0.353. The van der Waals surface area contributed by atoms with Crippen LogP contribution in [0.15, 0.2) is 18.2 Å². The van der Waals surface area contributed by atoms with Gasteiger partial charge in [-0.2, -0.15) is 0 Å². The Hall–Kier alpha value is -1.02. The van der Waals surface area contributed by atoms with Crippen molar-refractivity contribution < 1.29 is 4.79 Å². The smallest absolute Gasteiger partial charge is 0.168 e. The fourth-order valence-electron chi connectivity index (χ4n) is 2.34.